The van der Waals surface area contributed by atoms with Crippen molar-refractivity contribution in [1.29, 1.82) is 0 Å². The van der Waals surface area contributed by atoms with Crippen molar-refractivity contribution in [3.8, 4) is 0 Å². The minimum Gasteiger partial charge on any atom is -0.353 e. The van der Waals surface area contributed by atoms with Crippen molar-refractivity contribution < 1.29 is 9.59 Å². The minimum absolute atomic E-state index is 0.0174. The molecule has 1 aromatic carbocycles. The smallest absolute Gasteiger partial charge is 0.223 e. The molecule has 1 aromatic rings. The number of hydrogen-bond acceptors (Lipinski definition) is 2. The molecule has 0 radical (unpaired) electrons. The van der Waals surface area contributed by atoms with Gasteiger partial charge in [-0.2, -0.15) is 0 Å². The van der Waals surface area contributed by atoms with Gasteiger partial charge in [-0.05, 0) is 31.0 Å². The summed E-state index contributed by atoms with van der Waals surface area (Å²) < 4.78 is 0.915. The van der Waals surface area contributed by atoms with Crippen molar-refractivity contribution in [2.45, 2.75) is 32.2 Å². The number of nitrogens with one attached hydrogen (secondary N) is 1. The first kappa shape index (κ1) is 14.1. The normalized spacial score (nSPS) is 14.0. The average Bonchev–Trinajstić information content (AvgIpc) is 3.12. The van der Waals surface area contributed by atoms with Crippen LogP contribution in [0.3, 0.4) is 0 Å². The van der Waals surface area contributed by atoms with E-state index >= 15 is 0 Å². The van der Waals surface area contributed by atoms with Gasteiger partial charge >= 0.3 is 0 Å². The molecule has 0 aromatic heterocycles. The lowest BCUT2D eigenvalue weighted by molar-refractivity contribution is -0.121. The number of rotatable bonds is 5. The van der Waals surface area contributed by atoms with E-state index in [0.29, 0.717) is 19.0 Å². The first-order chi connectivity index (χ1) is 9.06. The molecule has 2 amide bonds. The van der Waals surface area contributed by atoms with Gasteiger partial charge in [-0.15, -0.1) is 0 Å². The summed E-state index contributed by atoms with van der Waals surface area (Å²) in [5.74, 6) is -0.0407. The number of carbonyl (C=O) groups is 2. The van der Waals surface area contributed by atoms with E-state index < -0.39 is 0 Å². The van der Waals surface area contributed by atoms with E-state index in [2.05, 4.69) is 21.2 Å². The maximum Gasteiger partial charge on any atom is 0.223 e. The fourth-order valence-electron chi connectivity index (χ4n) is 1.85. The Balaban J connectivity index is 1.95. The molecule has 2 rings (SSSR count). The Morgan fingerprint density at radius 2 is 2.16 bits per heavy atom. The Hall–Kier alpha value is -1.36. The van der Waals surface area contributed by atoms with Crippen LogP contribution < -0.4 is 10.2 Å². The summed E-state index contributed by atoms with van der Waals surface area (Å²) >= 11 is 3.38. The minimum atomic E-state index is -0.0580. The van der Waals surface area contributed by atoms with Gasteiger partial charge in [0.25, 0.3) is 0 Å². The molecule has 0 unspecified atom stereocenters. The zero-order valence-electron chi connectivity index (χ0n) is 10.9. The number of benzene rings is 1. The number of anilines is 1. The highest BCUT2D eigenvalue weighted by Crippen LogP contribution is 2.21. The van der Waals surface area contributed by atoms with Crippen LogP contribution in [0.4, 0.5) is 5.69 Å². The van der Waals surface area contributed by atoms with Crippen molar-refractivity contribution in [2.24, 2.45) is 0 Å². The van der Waals surface area contributed by atoms with Crippen molar-refractivity contribution in [3.63, 3.8) is 0 Å². The summed E-state index contributed by atoms with van der Waals surface area (Å²) in [5.41, 5.74) is 0.807. The van der Waals surface area contributed by atoms with E-state index in [4.69, 9.17) is 0 Å². The third-order valence-electron chi connectivity index (χ3n) is 3.00. The van der Waals surface area contributed by atoms with Crippen LogP contribution in [0.25, 0.3) is 0 Å². The summed E-state index contributed by atoms with van der Waals surface area (Å²) in [4.78, 5) is 25.0. The third-order valence-corrected chi connectivity index (χ3v) is 3.50. The van der Waals surface area contributed by atoms with Crippen LogP contribution in [0.5, 0.6) is 0 Å². The third kappa shape index (κ3) is 4.35. The average molecular weight is 325 g/mol. The highest BCUT2D eigenvalue weighted by Gasteiger charge is 2.23. The summed E-state index contributed by atoms with van der Waals surface area (Å²) in [6.07, 6.45) is 2.49. The first-order valence-corrected chi connectivity index (χ1v) is 7.18. The fourth-order valence-corrected chi connectivity index (χ4v) is 2.24. The number of amides is 2. The van der Waals surface area contributed by atoms with Crippen LogP contribution in [0.15, 0.2) is 28.7 Å². The molecule has 0 atom stereocenters. The van der Waals surface area contributed by atoms with Crippen molar-refractivity contribution >= 4 is 33.4 Å². The quantitative estimate of drug-likeness (QED) is 0.904. The second-order valence-corrected chi connectivity index (χ2v) is 5.66. The maximum absolute atomic E-state index is 11.7. The van der Waals surface area contributed by atoms with E-state index in [1.165, 1.54) is 6.92 Å². The summed E-state index contributed by atoms with van der Waals surface area (Å²) in [6.45, 7) is 1.92. The van der Waals surface area contributed by atoms with Crippen LogP contribution in [0, 0.1) is 0 Å². The lowest BCUT2D eigenvalue weighted by Gasteiger charge is -2.21. The summed E-state index contributed by atoms with van der Waals surface area (Å²) in [7, 11) is 0. The Kier molecular flexibility index (Phi) is 4.58. The fraction of sp³-hybridized carbons (Fsp3) is 0.429. The molecule has 0 spiro atoms. The molecular formula is C14H17BrN2O2. The van der Waals surface area contributed by atoms with Crippen LogP contribution in [0.1, 0.15) is 26.2 Å². The van der Waals surface area contributed by atoms with Gasteiger partial charge in [-0.3, -0.25) is 9.59 Å². The Morgan fingerprint density at radius 3 is 2.74 bits per heavy atom. The predicted molar refractivity (Wildman–Crippen MR) is 78.0 cm³/mol. The number of halogens is 1. The second-order valence-electron chi connectivity index (χ2n) is 4.74. The summed E-state index contributed by atoms with van der Waals surface area (Å²) in [6, 6.07) is 7.89. The van der Waals surface area contributed by atoms with Gasteiger partial charge in [0.2, 0.25) is 11.8 Å². The van der Waals surface area contributed by atoms with Crippen molar-refractivity contribution in [2.75, 3.05) is 11.4 Å². The number of hydrogen-bond donors (Lipinski definition) is 1. The van der Waals surface area contributed by atoms with E-state index in [0.717, 1.165) is 23.0 Å². The van der Waals surface area contributed by atoms with Crippen LogP contribution in [0.2, 0.25) is 0 Å². The van der Waals surface area contributed by atoms with Crippen LogP contribution >= 0.6 is 15.9 Å². The molecule has 0 bridgehead atoms. The molecule has 5 heteroatoms. The van der Waals surface area contributed by atoms with Gasteiger partial charge < -0.3 is 10.2 Å². The Morgan fingerprint density at radius 1 is 1.42 bits per heavy atom. The molecule has 4 nitrogen and oxygen atoms in total. The lowest BCUT2D eigenvalue weighted by Crippen LogP contribution is -2.34. The molecule has 1 fully saturated rings. The largest absolute Gasteiger partial charge is 0.353 e. The second kappa shape index (κ2) is 6.19. The van der Waals surface area contributed by atoms with E-state index in [-0.39, 0.29) is 11.8 Å². The zero-order chi connectivity index (χ0) is 13.8. The van der Waals surface area contributed by atoms with Crippen molar-refractivity contribution in [3.05, 3.63) is 28.7 Å². The molecule has 0 saturated heterocycles. The standard InChI is InChI=1S/C14H17BrN2O2/c1-10(18)17(13-4-2-3-11(15)9-13)8-7-14(19)16-12-5-6-12/h2-4,9,12H,5-8H2,1H3,(H,16,19). The molecule has 1 aliphatic carbocycles. The molecular weight excluding hydrogens is 308 g/mol. The molecule has 1 aliphatic rings. The van der Waals surface area contributed by atoms with E-state index in [9.17, 15) is 9.59 Å². The number of nitrogens with zero attached hydrogens (tertiary/aromatic N) is 1. The molecule has 0 heterocycles. The molecule has 0 aliphatic heterocycles. The van der Waals surface area contributed by atoms with Gasteiger partial charge in [0, 0.05) is 36.1 Å². The topological polar surface area (TPSA) is 49.4 Å². The molecule has 1 N–H and O–H groups in total. The van der Waals surface area contributed by atoms with Gasteiger partial charge in [0.05, 0.1) is 0 Å². The zero-order valence-corrected chi connectivity index (χ0v) is 12.4. The van der Waals surface area contributed by atoms with Crippen LogP contribution in [-0.4, -0.2) is 24.4 Å². The molecule has 102 valence electrons. The predicted octanol–water partition coefficient (Wildman–Crippen LogP) is 2.47. The molecule has 1 saturated carbocycles. The van der Waals surface area contributed by atoms with Crippen LogP contribution in [-0.2, 0) is 9.59 Å². The van der Waals surface area contributed by atoms with Gasteiger partial charge in [0.15, 0.2) is 0 Å². The van der Waals surface area contributed by atoms with Crippen molar-refractivity contribution in [1.82, 2.24) is 5.32 Å². The number of carbonyl (C=O) groups excluding carboxylic acids is 2. The highest BCUT2D eigenvalue weighted by molar-refractivity contribution is 9.10. The molecule has 19 heavy (non-hydrogen) atoms. The lowest BCUT2D eigenvalue weighted by atomic mass is 10.2. The van der Waals surface area contributed by atoms with E-state index in [1.54, 1.807) is 4.90 Å². The van der Waals surface area contributed by atoms with Gasteiger partial charge in [0.1, 0.15) is 0 Å². The monoisotopic (exact) mass is 324 g/mol. The SMILES string of the molecule is CC(=O)N(CCC(=O)NC1CC1)c1cccc(Br)c1. The maximum atomic E-state index is 11.7. The van der Waals surface area contributed by atoms with Gasteiger partial charge in [-0.1, -0.05) is 22.0 Å². The highest BCUT2D eigenvalue weighted by atomic mass is 79.9. The first-order valence-electron chi connectivity index (χ1n) is 6.39. The summed E-state index contributed by atoms with van der Waals surface area (Å²) in [5, 5.41) is 2.92. The Bertz CT molecular complexity index is 486. The van der Waals surface area contributed by atoms with Gasteiger partial charge in [-0.25, -0.2) is 0 Å². The van der Waals surface area contributed by atoms with E-state index in [1.807, 2.05) is 24.3 Å². The Labute approximate surface area is 121 Å².